The number of ether oxygens (including phenoxy) is 4. The maximum Gasteiger partial charge on any atom is 0.373 e. The lowest BCUT2D eigenvalue weighted by Gasteiger charge is -2.49. The Balaban J connectivity index is 2.52. The molecular formula is C35H58O9. The molecule has 44 heavy (non-hydrogen) atoms. The van der Waals surface area contributed by atoms with Gasteiger partial charge in [0.15, 0.2) is 5.79 Å². The average Bonchev–Trinajstić information content (AvgIpc) is 2.96. The number of carbonyl (C=O) groups is 1. The Morgan fingerprint density at radius 2 is 1.68 bits per heavy atom. The second-order valence-electron chi connectivity index (χ2n) is 13.6. The van der Waals surface area contributed by atoms with Crippen molar-refractivity contribution in [2.24, 2.45) is 35.5 Å². The van der Waals surface area contributed by atoms with Crippen LogP contribution in [0.4, 0.5) is 0 Å². The van der Waals surface area contributed by atoms with Crippen LogP contribution >= 0.6 is 0 Å². The van der Waals surface area contributed by atoms with Gasteiger partial charge < -0.3 is 39.4 Å². The predicted octanol–water partition coefficient (Wildman–Crippen LogP) is 4.69. The second kappa shape index (κ2) is 16.5. The first kappa shape index (κ1) is 38.2. The molecule has 0 spiro atoms. The number of methoxy groups -OCH3 is 2. The van der Waals surface area contributed by atoms with Gasteiger partial charge in [-0.3, -0.25) is 0 Å². The van der Waals surface area contributed by atoms with Crippen LogP contribution in [0.15, 0.2) is 47.3 Å². The van der Waals surface area contributed by atoms with Gasteiger partial charge in [-0.05, 0) is 38.2 Å². The quantitative estimate of drug-likeness (QED) is 0.298. The molecule has 0 amide bonds. The molecule has 2 rings (SSSR count). The first-order chi connectivity index (χ1) is 20.5. The van der Waals surface area contributed by atoms with E-state index >= 15 is 0 Å². The van der Waals surface area contributed by atoms with E-state index < -0.39 is 60.2 Å². The molecule has 0 saturated carbocycles. The molecule has 0 unspecified atom stereocenters. The van der Waals surface area contributed by atoms with Gasteiger partial charge in [-0.2, -0.15) is 0 Å². The van der Waals surface area contributed by atoms with Crippen LogP contribution in [0, 0.1) is 35.5 Å². The van der Waals surface area contributed by atoms with Gasteiger partial charge in [0, 0.05) is 37.2 Å². The molecule has 2 aliphatic rings. The van der Waals surface area contributed by atoms with E-state index in [1.54, 1.807) is 26.0 Å². The Labute approximate surface area is 264 Å². The third-order valence-electron chi connectivity index (χ3n) is 9.50. The topological polar surface area (TPSA) is 135 Å². The lowest BCUT2D eigenvalue weighted by Crippen LogP contribution is -2.59. The van der Waals surface area contributed by atoms with Gasteiger partial charge in [-0.15, -0.1) is 0 Å². The van der Waals surface area contributed by atoms with Crippen LogP contribution in [0.3, 0.4) is 0 Å². The maximum atomic E-state index is 13.5. The molecule has 2 heterocycles. The molecule has 252 valence electrons. The predicted molar refractivity (Wildman–Crippen MR) is 170 cm³/mol. The second-order valence-corrected chi connectivity index (χ2v) is 13.6. The summed E-state index contributed by atoms with van der Waals surface area (Å²) >= 11 is 0. The number of aliphatic hydroxyl groups is 4. The fourth-order valence-electron chi connectivity index (χ4n) is 6.54. The van der Waals surface area contributed by atoms with E-state index in [0.717, 1.165) is 11.1 Å². The number of cyclic esters (lactones) is 1. The highest BCUT2D eigenvalue weighted by Crippen LogP contribution is 2.41. The van der Waals surface area contributed by atoms with Gasteiger partial charge in [-0.25, -0.2) is 4.79 Å². The van der Waals surface area contributed by atoms with Gasteiger partial charge in [-0.1, -0.05) is 83.9 Å². The molecule has 1 fully saturated rings. The summed E-state index contributed by atoms with van der Waals surface area (Å²) in [4.78, 5) is 13.5. The molecule has 12 atom stereocenters. The fraction of sp³-hybridized carbons (Fsp3) is 0.743. The van der Waals surface area contributed by atoms with Crippen molar-refractivity contribution in [1.29, 1.82) is 0 Å². The Morgan fingerprint density at radius 3 is 2.25 bits per heavy atom. The molecule has 0 aliphatic carbocycles. The van der Waals surface area contributed by atoms with Crippen LogP contribution in [0.25, 0.3) is 0 Å². The minimum atomic E-state index is -1.80. The highest BCUT2D eigenvalue weighted by Gasteiger charge is 2.51. The van der Waals surface area contributed by atoms with Crippen molar-refractivity contribution in [3.8, 4) is 0 Å². The Hall–Kier alpha value is -2.01. The van der Waals surface area contributed by atoms with Gasteiger partial charge in [0.2, 0.25) is 5.76 Å². The molecule has 0 bridgehead atoms. The average molecular weight is 623 g/mol. The van der Waals surface area contributed by atoms with E-state index in [9.17, 15) is 25.2 Å². The molecule has 0 radical (unpaired) electrons. The van der Waals surface area contributed by atoms with E-state index in [4.69, 9.17) is 18.9 Å². The Morgan fingerprint density at radius 1 is 1.05 bits per heavy atom. The summed E-state index contributed by atoms with van der Waals surface area (Å²) in [5.41, 5.74) is 1.78. The summed E-state index contributed by atoms with van der Waals surface area (Å²) in [5.74, 6) is -4.49. The Kier molecular flexibility index (Phi) is 14.3. The van der Waals surface area contributed by atoms with E-state index in [1.807, 2.05) is 66.7 Å². The standard InChI is InChI=1S/C35H58O9/c1-19(2)32-24(7)27(36)18-35(40,44-32)26(9)31(38)25(8)33-28(41-10)14-12-13-20(3)15-22(5)30(37)23(6)16-21(4)17-29(42-11)34(39)43-33/h12-14,16-17,19,22-28,30-33,36-38,40H,15,18H2,1-11H3/b14-12+,20-13-,21-16-,29-17+/t22-,23+,24-,25-,26-,27+,28-,30-,31+,32+,33-,35+/m0/s1. The smallest absolute Gasteiger partial charge is 0.373 e. The number of rotatable bonds is 7. The number of hydrogen-bond donors (Lipinski definition) is 4. The van der Waals surface area contributed by atoms with Crippen molar-refractivity contribution in [1.82, 2.24) is 0 Å². The van der Waals surface area contributed by atoms with Gasteiger partial charge in [0.05, 0.1) is 31.5 Å². The van der Waals surface area contributed by atoms with Gasteiger partial charge >= 0.3 is 5.97 Å². The number of hydrogen-bond acceptors (Lipinski definition) is 9. The van der Waals surface area contributed by atoms with E-state index in [2.05, 4.69) is 0 Å². The Bertz CT molecular complexity index is 1060. The molecule has 1 saturated heterocycles. The fourth-order valence-corrected chi connectivity index (χ4v) is 6.54. The molecule has 4 N–H and O–H groups in total. The summed E-state index contributed by atoms with van der Waals surface area (Å²) < 4.78 is 23.4. The molecule has 0 aromatic rings. The number of esters is 1. The first-order valence-corrected chi connectivity index (χ1v) is 15.9. The zero-order chi connectivity index (χ0) is 33.5. The highest BCUT2D eigenvalue weighted by molar-refractivity contribution is 5.87. The van der Waals surface area contributed by atoms with E-state index in [1.165, 1.54) is 14.2 Å². The molecule has 9 nitrogen and oxygen atoms in total. The maximum absolute atomic E-state index is 13.5. The van der Waals surface area contributed by atoms with E-state index in [0.29, 0.717) is 6.42 Å². The lowest BCUT2D eigenvalue weighted by molar-refractivity contribution is -0.328. The van der Waals surface area contributed by atoms with Crippen LogP contribution in [-0.4, -0.2) is 83.0 Å². The largest absolute Gasteiger partial charge is 0.490 e. The van der Waals surface area contributed by atoms with Gasteiger partial charge in [0.25, 0.3) is 0 Å². The van der Waals surface area contributed by atoms with Crippen molar-refractivity contribution >= 4 is 5.97 Å². The van der Waals surface area contributed by atoms with Crippen LogP contribution in [0.5, 0.6) is 0 Å². The minimum Gasteiger partial charge on any atom is -0.490 e. The minimum absolute atomic E-state index is 0.00492. The molecule has 9 heteroatoms. The van der Waals surface area contributed by atoms with Crippen LogP contribution in [0.2, 0.25) is 0 Å². The SMILES string of the molecule is CO/C1=C/C(C)=C\[C@@H](C)[C@@H](O)[C@@H](C)C/C(C)=C\C=C\[C@H](OC)[C@H]([C@@H](C)[C@@H](O)[C@H](C)[C@@]2(O)C[C@@H](O)[C@H](C)[C@@H](C(C)C)O2)OC1=O. The number of allylic oxidation sites excluding steroid dienone is 5. The van der Waals surface area contributed by atoms with Crippen LogP contribution in [0.1, 0.15) is 75.2 Å². The van der Waals surface area contributed by atoms with Crippen molar-refractivity contribution in [2.45, 2.75) is 118 Å². The summed E-state index contributed by atoms with van der Waals surface area (Å²) in [6.07, 6.45) is 4.85. The first-order valence-electron chi connectivity index (χ1n) is 15.9. The highest BCUT2D eigenvalue weighted by atomic mass is 16.6. The van der Waals surface area contributed by atoms with Crippen LogP contribution in [-0.2, 0) is 23.7 Å². The zero-order valence-electron chi connectivity index (χ0n) is 28.6. The van der Waals surface area contributed by atoms with Crippen molar-refractivity contribution in [2.75, 3.05) is 14.2 Å². The molecular weight excluding hydrogens is 564 g/mol. The van der Waals surface area contributed by atoms with Gasteiger partial charge in [0.1, 0.15) is 12.2 Å². The van der Waals surface area contributed by atoms with Crippen LogP contribution < -0.4 is 0 Å². The summed E-state index contributed by atoms with van der Waals surface area (Å²) in [6, 6.07) is 0. The third-order valence-corrected chi connectivity index (χ3v) is 9.50. The van der Waals surface area contributed by atoms with Crippen molar-refractivity contribution in [3.05, 3.63) is 47.3 Å². The van der Waals surface area contributed by atoms with E-state index in [-0.39, 0.29) is 35.9 Å². The third kappa shape index (κ3) is 9.50. The lowest BCUT2D eigenvalue weighted by atomic mass is 9.76. The molecule has 2 aliphatic heterocycles. The normalized spacial score (nSPS) is 41.2. The number of aliphatic hydroxyl groups excluding tert-OH is 3. The van der Waals surface area contributed by atoms with Crippen molar-refractivity contribution < 1.29 is 44.2 Å². The summed E-state index contributed by atoms with van der Waals surface area (Å²) in [6.45, 7) is 17.0. The summed E-state index contributed by atoms with van der Waals surface area (Å²) in [5, 5.41) is 45.0. The van der Waals surface area contributed by atoms with Crippen molar-refractivity contribution in [3.63, 3.8) is 0 Å². The zero-order valence-corrected chi connectivity index (χ0v) is 28.6. The monoisotopic (exact) mass is 622 g/mol. The molecule has 0 aromatic carbocycles. The molecule has 0 aromatic heterocycles. The number of carbonyl (C=O) groups excluding carboxylic acids is 1. The summed E-state index contributed by atoms with van der Waals surface area (Å²) in [7, 11) is 2.87.